The number of nitrogens with zero attached hydrogens (tertiary/aromatic N) is 1. The average Bonchev–Trinajstić information content (AvgIpc) is 2.40. The number of ether oxygens (including phenoxy) is 2. The molecule has 6 nitrogen and oxygen atoms in total. The number of rotatable bonds is 8. The van der Waals surface area contributed by atoms with Gasteiger partial charge >= 0.3 is 6.03 Å². The molecule has 0 aliphatic rings. The molecule has 0 bridgehead atoms. The van der Waals surface area contributed by atoms with Crippen molar-refractivity contribution in [2.45, 2.75) is 27.2 Å². The maximum atomic E-state index is 10.5. The first-order chi connectivity index (χ1) is 10.0. The van der Waals surface area contributed by atoms with Gasteiger partial charge in [-0.05, 0) is 43.0 Å². The molecule has 21 heavy (non-hydrogen) atoms. The van der Waals surface area contributed by atoms with E-state index in [1.807, 2.05) is 19.1 Å². The van der Waals surface area contributed by atoms with E-state index < -0.39 is 6.03 Å². The topological polar surface area (TPSA) is 85.9 Å². The quantitative estimate of drug-likeness (QED) is 0.570. The number of hydrazone groups is 1. The molecule has 6 heteroatoms. The number of carbonyl (C=O) groups is 1. The van der Waals surface area contributed by atoms with E-state index in [1.54, 1.807) is 6.07 Å². The third-order valence-electron chi connectivity index (χ3n) is 2.61. The van der Waals surface area contributed by atoms with Crippen molar-refractivity contribution in [1.82, 2.24) is 5.43 Å². The smallest absolute Gasteiger partial charge is 0.332 e. The molecule has 3 N–H and O–H groups in total. The number of primary amides is 1. The number of nitrogens with two attached hydrogens (primary N) is 1. The average molecular weight is 293 g/mol. The van der Waals surface area contributed by atoms with Crippen LogP contribution in [0.3, 0.4) is 0 Å². The molecule has 0 saturated heterocycles. The lowest BCUT2D eigenvalue weighted by Gasteiger charge is -2.13. The molecule has 1 rings (SSSR count). The van der Waals surface area contributed by atoms with Crippen LogP contribution in [0.2, 0.25) is 0 Å². The molecule has 0 aliphatic heterocycles. The molecule has 0 heterocycles. The first-order valence-electron chi connectivity index (χ1n) is 7.01. The molecular formula is C15H23N3O3. The maximum absolute atomic E-state index is 10.5. The lowest BCUT2D eigenvalue weighted by atomic mass is 10.1. The largest absolute Gasteiger partial charge is 0.490 e. The lowest BCUT2D eigenvalue weighted by molar-refractivity contribution is 0.249. The van der Waals surface area contributed by atoms with Gasteiger partial charge in [0.25, 0.3) is 0 Å². The van der Waals surface area contributed by atoms with Gasteiger partial charge in [0.15, 0.2) is 11.5 Å². The van der Waals surface area contributed by atoms with Crippen LogP contribution in [-0.4, -0.2) is 25.5 Å². The maximum Gasteiger partial charge on any atom is 0.332 e. The Hall–Kier alpha value is -2.24. The summed E-state index contributed by atoms with van der Waals surface area (Å²) in [7, 11) is 0. The van der Waals surface area contributed by atoms with Crippen LogP contribution in [0.5, 0.6) is 11.5 Å². The first kappa shape index (κ1) is 16.8. The van der Waals surface area contributed by atoms with E-state index in [0.717, 1.165) is 12.0 Å². The fourth-order valence-corrected chi connectivity index (χ4v) is 1.57. The number of hydrogen-bond acceptors (Lipinski definition) is 4. The molecule has 1 aromatic rings. The molecule has 116 valence electrons. The number of benzene rings is 1. The molecule has 0 aliphatic carbocycles. The number of amides is 2. The van der Waals surface area contributed by atoms with Crippen LogP contribution >= 0.6 is 0 Å². The Labute approximate surface area is 125 Å². The van der Waals surface area contributed by atoms with Gasteiger partial charge in [-0.3, -0.25) is 0 Å². The molecule has 0 fully saturated rings. The van der Waals surface area contributed by atoms with E-state index >= 15 is 0 Å². The molecule has 1 aromatic carbocycles. The van der Waals surface area contributed by atoms with E-state index in [0.29, 0.717) is 30.6 Å². The van der Waals surface area contributed by atoms with Crippen molar-refractivity contribution < 1.29 is 14.3 Å². The summed E-state index contributed by atoms with van der Waals surface area (Å²) in [5.74, 6) is 1.95. The van der Waals surface area contributed by atoms with Gasteiger partial charge < -0.3 is 15.2 Å². The normalized spacial score (nSPS) is 10.9. The van der Waals surface area contributed by atoms with Crippen molar-refractivity contribution in [3.63, 3.8) is 0 Å². The summed E-state index contributed by atoms with van der Waals surface area (Å²) in [6.45, 7) is 7.40. The third kappa shape index (κ3) is 6.65. The Morgan fingerprint density at radius 3 is 2.76 bits per heavy atom. The van der Waals surface area contributed by atoms with Gasteiger partial charge in [-0.2, -0.15) is 5.10 Å². The molecule has 0 spiro atoms. The second-order valence-corrected chi connectivity index (χ2v) is 4.90. The monoisotopic (exact) mass is 293 g/mol. The first-order valence-corrected chi connectivity index (χ1v) is 7.01. The predicted molar refractivity (Wildman–Crippen MR) is 82.9 cm³/mol. The van der Waals surface area contributed by atoms with Crippen molar-refractivity contribution in [3.05, 3.63) is 23.8 Å². The molecular weight excluding hydrogens is 270 g/mol. The predicted octanol–water partition coefficient (Wildman–Crippen LogP) is 2.51. The standard InChI is InChI=1S/C15H23N3O3/c1-4-20-14-9-12(10-17-18-15(16)19)5-6-13(14)21-8-7-11(2)3/h5-6,9-11H,4,7-8H2,1-3H3,(H3,16,18,19). The summed E-state index contributed by atoms with van der Waals surface area (Å²) in [6, 6.07) is 4.77. The Bertz CT molecular complexity index is 487. The lowest BCUT2D eigenvalue weighted by Crippen LogP contribution is -2.24. The van der Waals surface area contributed by atoms with Gasteiger partial charge in [0, 0.05) is 0 Å². The van der Waals surface area contributed by atoms with Gasteiger partial charge in [0.2, 0.25) is 0 Å². The SMILES string of the molecule is CCOc1cc(C=NNC(N)=O)ccc1OCCC(C)C. The van der Waals surface area contributed by atoms with E-state index in [1.165, 1.54) is 6.21 Å². The number of carbonyl (C=O) groups excluding carboxylic acids is 1. The molecule has 0 aromatic heterocycles. The van der Waals surface area contributed by atoms with Crippen molar-refractivity contribution in [3.8, 4) is 11.5 Å². The van der Waals surface area contributed by atoms with Gasteiger partial charge in [0.05, 0.1) is 19.4 Å². The van der Waals surface area contributed by atoms with Crippen molar-refractivity contribution in [2.75, 3.05) is 13.2 Å². The molecule has 0 saturated carbocycles. The fraction of sp³-hybridized carbons (Fsp3) is 0.467. The van der Waals surface area contributed by atoms with Crippen LogP contribution in [0.4, 0.5) is 4.79 Å². The van der Waals surface area contributed by atoms with Crippen LogP contribution in [0.1, 0.15) is 32.8 Å². The van der Waals surface area contributed by atoms with Crippen LogP contribution in [-0.2, 0) is 0 Å². The highest BCUT2D eigenvalue weighted by Crippen LogP contribution is 2.28. The fourth-order valence-electron chi connectivity index (χ4n) is 1.57. The molecule has 0 unspecified atom stereocenters. The van der Waals surface area contributed by atoms with E-state index in [9.17, 15) is 4.79 Å². The van der Waals surface area contributed by atoms with E-state index in [4.69, 9.17) is 15.2 Å². The molecule has 0 radical (unpaired) electrons. The van der Waals surface area contributed by atoms with Crippen LogP contribution in [0, 0.1) is 5.92 Å². The van der Waals surface area contributed by atoms with Crippen molar-refractivity contribution in [1.29, 1.82) is 0 Å². The number of hydrogen-bond donors (Lipinski definition) is 2. The van der Waals surface area contributed by atoms with Crippen LogP contribution in [0.25, 0.3) is 0 Å². The van der Waals surface area contributed by atoms with E-state index in [2.05, 4.69) is 24.4 Å². The van der Waals surface area contributed by atoms with Crippen LogP contribution in [0.15, 0.2) is 23.3 Å². The summed E-state index contributed by atoms with van der Waals surface area (Å²) < 4.78 is 11.3. The highest BCUT2D eigenvalue weighted by Gasteiger charge is 2.06. The van der Waals surface area contributed by atoms with Crippen molar-refractivity contribution in [2.24, 2.45) is 16.8 Å². The summed E-state index contributed by atoms with van der Waals surface area (Å²) in [6.07, 6.45) is 2.47. The molecule has 0 atom stereocenters. The van der Waals surface area contributed by atoms with Crippen molar-refractivity contribution >= 4 is 12.2 Å². The zero-order valence-electron chi connectivity index (χ0n) is 12.8. The highest BCUT2D eigenvalue weighted by atomic mass is 16.5. The summed E-state index contributed by atoms with van der Waals surface area (Å²) >= 11 is 0. The minimum atomic E-state index is -0.704. The van der Waals surface area contributed by atoms with Gasteiger partial charge in [-0.25, -0.2) is 10.2 Å². The van der Waals surface area contributed by atoms with Gasteiger partial charge in [-0.15, -0.1) is 0 Å². The highest BCUT2D eigenvalue weighted by molar-refractivity contribution is 5.82. The Kier molecular flexibility index (Phi) is 7.08. The minimum absolute atomic E-state index is 0.542. The van der Waals surface area contributed by atoms with Gasteiger partial charge in [-0.1, -0.05) is 13.8 Å². The summed E-state index contributed by atoms with van der Waals surface area (Å²) in [5.41, 5.74) is 7.85. The number of nitrogens with one attached hydrogen (secondary N) is 1. The second-order valence-electron chi connectivity index (χ2n) is 4.90. The minimum Gasteiger partial charge on any atom is -0.490 e. The Morgan fingerprint density at radius 2 is 2.14 bits per heavy atom. The van der Waals surface area contributed by atoms with Crippen LogP contribution < -0.4 is 20.6 Å². The number of urea groups is 1. The Morgan fingerprint density at radius 1 is 1.38 bits per heavy atom. The van der Waals surface area contributed by atoms with E-state index in [-0.39, 0.29) is 0 Å². The zero-order valence-corrected chi connectivity index (χ0v) is 12.8. The Balaban J connectivity index is 2.75. The second kappa shape index (κ2) is 8.84. The van der Waals surface area contributed by atoms with Gasteiger partial charge in [0.1, 0.15) is 0 Å². The third-order valence-corrected chi connectivity index (χ3v) is 2.61. The summed E-state index contributed by atoms with van der Waals surface area (Å²) in [5, 5.41) is 3.71. The molecule has 2 amide bonds. The summed E-state index contributed by atoms with van der Waals surface area (Å²) in [4.78, 5) is 10.5. The zero-order chi connectivity index (χ0) is 15.7.